The Morgan fingerprint density at radius 1 is 1.42 bits per heavy atom. The number of nitrogens with zero attached hydrogens (tertiary/aromatic N) is 2. The van der Waals surface area contributed by atoms with Gasteiger partial charge in [0.1, 0.15) is 5.65 Å². The van der Waals surface area contributed by atoms with Crippen molar-refractivity contribution < 1.29 is 5.11 Å². The van der Waals surface area contributed by atoms with Gasteiger partial charge in [0.05, 0.1) is 5.69 Å². The van der Waals surface area contributed by atoms with E-state index in [1.54, 1.807) is 0 Å². The molecule has 0 bridgehead atoms. The van der Waals surface area contributed by atoms with Crippen LogP contribution >= 0.6 is 0 Å². The van der Waals surface area contributed by atoms with E-state index in [0.29, 0.717) is 6.42 Å². The van der Waals surface area contributed by atoms with Gasteiger partial charge in [0.2, 0.25) is 0 Å². The summed E-state index contributed by atoms with van der Waals surface area (Å²) in [5.41, 5.74) is 1.87. The Morgan fingerprint density at radius 3 is 3.08 bits per heavy atom. The highest BCUT2D eigenvalue weighted by Crippen LogP contribution is 2.04. The van der Waals surface area contributed by atoms with E-state index in [9.17, 15) is 0 Å². The Labute approximate surface area is 70.3 Å². The van der Waals surface area contributed by atoms with Crippen molar-refractivity contribution in [2.45, 2.75) is 6.42 Å². The monoisotopic (exact) mass is 162 g/mol. The lowest BCUT2D eigenvalue weighted by atomic mass is 10.4. The number of hydrogen-bond acceptors (Lipinski definition) is 2. The van der Waals surface area contributed by atoms with E-state index in [1.165, 1.54) is 0 Å². The molecule has 0 radical (unpaired) electrons. The Morgan fingerprint density at radius 2 is 2.33 bits per heavy atom. The molecule has 0 aliphatic carbocycles. The van der Waals surface area contributed by atoms with Gasteiger partial charge in [0, 0.05) is 25.4 Å². The molecule has 3 nitrogen and oxygen atoms in total. The van der Waals surface area contributed by atoms with E-state index in [2.05, 4.69) is 4.98 Å². The first-order valence-electron chi connectivity index (χ1n) is 3.93. The number of aliphatic hydroxyl groups is 1. The van der Waals surface area contributed by atoms with Crippen molar-refractivity contribution in [3.05, 3.63) is 36.3 Å². The van der Waals surface area contributed by atoms with E-state index in [1.807, 2.05) is 35.0 Å². The van der Waals surface area contributed by atoms with E-state index < -0.39 is 0 Å². The van der Waals surface area contributed by atoms with Gasteiger partial charge in [-0.05, 0) is 12.1 Å². The highest BCUT2D eigenvalue weighted by molar-refractivity contribution is 5.39. The maximum Gasteiger partial charge on any atom is 0.136 e. The van der Waals surface area contributed by atoms with Crippen molar-refractivity contribution in [3.8, 4) is 0 Å². The molecule has 0 atom stereocenters. The van der Waals surface area contributed by atoms with Crippen molar-refractivity contribution >= 4 is 5.65 Å². The molecule has 0 spiro atoms. The summed E-state index contributed by atoms with van der Waals surface area (Å²) < 4.78 is 1.95. The van der Waals surface area contributed by atoms with Crippen molar-refractivity contribution in [1.82, 2.24) is 9.38 Å². The van der Waals surface area contributed by atoms with Crippen molar-refractivity contribution in [2.24, 2.45) is 0 Å². The number of hydrogen-bond donors (Lipinski definition) is 1. The average Bonchev–Trinajstić information content (AvgIpc) is 2.47. The Kier molecular flexibility index (Phi) is 1.80. The summed E-state index contributed by atoms with van der Waals surface area (Å²) in [6.45, 7) is 0.157. The summed E-state index contributed by atoms with van der Waals surface area (Å²) in [5.74, 6) is 0. The zero-order chi connectivity index (χ0) is 8.39. The van der Waals surface area contributed by atoms with Gasteiger partial charge < -0.3 is 9.51 Å². The third kappa shape index (κ3) is 1.19. The van der Waals surface area contributed by atoms with Gasteiger partial charge in [0.15, 0.2) is 0 Å². The van der Waals surface area contributed by atoms with Gasteiger partial charge in [-0.15, -0.1) is 0 Å². The fraction of sp³-hybridized carbons (Fsp3) is 0.222. The van der Waals surface area contributed by atoms with Gasteiger partial charge in [-0.3, -0.25) is 0 Å². The highest BCUT2D eigenvalue weighted by atomic mass is 16.3. The second-order valence-electron chi connectivity index (χ2n) is 2.67. The summed E-state index contributed by atoms with van der Waals surface area (Å²) in [7, 11) is 0. The molecule has 2 aromatic heterocycles. The van der Waals surface area contributed by atoms with Crippen LogP contribution in [-0.4, -0.2) is 21.1 Å². The Bertz CT molecular complexity index is 348. The smallest absolute Gasteiger partial charge is 0.136 e. The van der Waals surface area contributed by atoms with Crippen molar-refractivity contribution in [2.75, 3.05) is 6.61 Å². The van der Waals surface area contributed by atoms with Crippen molar-refractivity contribution in [3.63, 3.8) is 0 Å². The number of pyridine rings is 1. The van der Waals surface area contributed by atoms with Crippen LogP contribution in [-0.2, 0) is 6.42 Å². The van der Waals surface area contributed by atoms with Crippen LogP contribution in [0.25, 0.3) is 5.65 Å². The summed E-state index contributed by atoms with van der Waals surface area (Å²) in [5, 5.41) is 8.70. The van der Waals surface area contributed by atoms with Gasteiger partial charge in [-0.1, -0.05) is 6.07 Å². The summed E-state index contributed by atoms with van der Waals surface area (Å²) >= 11 is 0. The van der Waals surface area contributed by atoms with Crippen LogP contribution in [0.5, 0.6) is 0 Å². The van der Waals surface area contributed by atoms with Crippen LogP contribution in [0.2, 0.25) is 0 Å². The van der Waals surface area contributed by atoms with Crippen LogP contribution in [0.4, 0.5) is 0 Å². The maximum atomic E-state index is 8.70. The minimum Gasteiger partial charge on any atom is -0.396 e. The summed E-state index contributed by atoms with van der Waals surface area (Å²) in [6.07, 6.45) is 4.51. The molecule has 2 heterocycles. The molecular weight excluding hydrogens is 152 g/mol. The molecule has 0 unspecified atom stereocenters. The number of fused-ring (bicyclic) bond motifs is 1. The fourth-order valence-corrected chi connectivity index (χ4v) is 1.22. The second kappa shape index (κ2) is 2.95. The molecular formula is C9H10N2O. The molecule has 1 N–H and O–H groups in total. The zero-order valence-electron chi connectivity index (χ0n) is 6.64. The van der Waals surface area contributed by atoms with E-state index in [-0.39, 0.29) is 6.61 Å². The lowest BCUT2D eigenvalue weighted by molar-refractivity contribution is 0.298. The molecule has 0 fully saturated rings. The standard InChI is InChI=1S/C9H10N2O/c12-6-4-8-7-11-5-2-1-3-9(11)10-8/h1-3,5,7,12H,4,6H2. The molecule has 3 heteroatoms. The van der Waals surface area contributed by atoms with Crippen LogP contribution in [0.1, 0.15) is 5.69 Å². The SMILES string of the molecule is OCCc1cn2ccccc2n1. The fourth-order valence-electron chi connectivity index (χ4n) is 1.22. The lowest BCUT2D eigenvalue weighted by Gasteiger charge is -1.86. The van der Waals surface area contributed by atoms with E-state index in [4.69, 9.17) is 5.11 Å². The molecule has 0 saturated carbocycles. The molecule has 0 aliphatic heterocycles. The van der Waals surface area contributed by atoms with Gasteiger partial charge >= 0.3 is 0 Å². The molecule has 62 valence electrons. The third-order valence-electron chi connectivity index (χ3n) is 1.78. The molecule has 12 heavy (non-hydrogen) atoms. The molecule has 0 saturated heterocycles. The molecule has 2 aromatic rings. The topological polar surface area (TPSA) is 37.5 Å². The average molecular weight is 162 g/mol. The van der Waals surface area contributed by atoms with Gasteiger partial charge in [-0.2, -0.15) is 0 Å². The lowest BCUT2D eigenvalue weighted by Crippen LogP contribution is -1.89. The van der Waals surface area contributed by atoms with Crippen LogP contribution in [0.3, 0.4) is 0 Å². The first kappa shape index (κ1) is 7.31. The normalized spacial score (nSPS) is 10.8. The largest absolute Gasteiger partial charge is 0.396 e. The predicted molar refractivity (Wildman–Crippen MR) is 46.0 cm³/mol. The van der Waals surface area contributed by atoms with Crippen molar-refractivity contribution in [1.29, 1.82) is 0 Å². The number of aromatic nitrogens is 2. The number of rotatable bonds is 2. The van der Waals surface area contributed by atoms with Gasteiger partial charge in [0.25, 0.3) is 0 Å². The maximum absolute atomic E-state index is 8.70. The van der Waals surface area contributed by atoms with Crippen LogP contribution in [0.15, 0.2) is 30.6 Å². The Hall–Kier alpha value is -1.35. The molecule has 0 aliphatic rings. The summed E-state index contributed by atoms with van der Waals surface area (Å²) in [4.78, 5) is 4.31. The highest BCUT2D eigenvalue weighted by Gasteiger charge is 1.98. The van der Waals surface area contributed by atoms with E-state index >= 15 is 0 Å². The van der Waals surface area contributed by atoms with Crippen LogP contribution < -0.4 is 0 Å². The second-order valence-corrected chi connectivity index (χ2v) is 2.67. The van der Waals surface area contributed by atoms with Crippen LogP contribution in [0, 0.1) is 0 Å². The quantitative estimate of drug-likeness (QED) is 0.711. The molecule has 0 aromatic carbocycles. The molecule has 2 rings (SSSR count). The third-order valence-corrected chi connectivity index (χ3v) is 1.78. The first-order valence-corrected chi connectivity index (χ1v) is 3.93. The van der Waals surface area contributed by atoms with Gasteiger partial charge in [-0.25, -0.2) is 4.98 Å². The number of imidazole rings is 1. The molecule has 0 amide bonds. The summed E-state index contributed by atoms with van der Waals surface area (Å²) in [6, 6.07) is 5.85. The minimum atomic E-state index is 0.157. The predicted octanol–water partition coefficient (Wildman–Crippen LogP) is 0.869. The number of aliphatic hydroxyl groups excluding tert-OH is 1. The Balaban J connectivity index is 2.47. The van der Waals surface area contributed by atoms with E-state index in [0.717, 1.165) is 11.3 Å². The zero-order valence-corrected chi connectivity index (χ0v) is 6.64. The first-order chi connectivity index (χ1) is 5.90. The minimum absolute atomic E-state index is 0.157.